The second-order valence-electron chi connectivity index (χ2n) is 5.37. The summed E-state index contributed by atoms with van der Waals surface area (Å²) >= 11 is 3.36. The van der Waals surface area contributed by atoms with Gasteiger partial charge in [0, 0.05) is 4.47 Å². The molecular weight excluding hydrogens is 340 g/mol. The van der Waals surface area contributed by atoms with E-state index >= 15 is 0 Å². The smallest absolute Gasteiger partial charge is 0.319 e. The van der Waals surface area contributed by atoms with Gasteiger partial charge in [0.15, 0.2) is 0 Å². The minimum absolute atomic E-state index is 0.0847. The Morgan fingerprint density at radius 2 is 2.19 bits per heavy atom. The van der Waals surface area contributed by atoms with Gasteiger partial charge in [0.25, 0.3) is 0 Å². The fraction of sp³-hybridized carbons (Fsp3) is 0.429. The number of carbonyl (C=O) groups is 2. The maximum atomic E-state index is 12.1. The highest BCUT2D eigenvalue weighted by Crippen LogP contribution is 2.29. The number of hydrogen-bond acceptors (Lipinski definition) is 3. The van der Waals surface area contributed by atoms with Crippen molar-refractivity contribution in [2.24, 2.45) is 5.41 Å². The molecule has 0 bridgehead atoms. The van der Waals surface area contributed by atoms with Gasteiger partial charge in [0.2, 0.25) is 0 Å². The van der Waals surface area contributed by atoms with Crippen LogP contribution in [0.1, 0.15) is 12.5 Å². The highest BCUT2D eigenvalue weighted by Gasteiger charge is 2.47. The highest BCUT2D eigenvalue weighted by atomic mass is 79.9. The molecule has 0 spiro atoms. The molecule has 0 radical (unpaired) electrons. The third-order valence-electron chi connectivity index (χ3n) is 3.62. The first-order valence-electron chi connectivity index (χ1n) is 6.48. The number of carboxylic acid groups (broad SMARTS) is 1. The minimum Gasteiger partial charge on any atom is -0.481 e. The van der Waals surface area contributed by atoms with E-state index in [9.17, 15) is 14.7 Å². The molecule has 2 rings (SSSR count). The van der Waals surface area contributed by atoms with Crippen LogP contribution < -0.4 is 10.6 Å². The summed E-state index contributed by atoms with van der Waals surface area (Å²) in [5.74, 6) is -0.984. The number of benzene rings is 1. The van der Waals surface area contributed by atoms with Gasteiger partial charge in [-0.05, 0) is 47.5 Å². The quantitative estimate of drug-likeness (QED) is 0.775. The molecule has 2 amide bonds. The van der Waals surface area contributed by atoms with E-state index in [1.165, 1.54) is 0 Å². The van der Waals surface area contributed by atoms with E-state index in [0.717, 1.165) is 10.0 Å². The molecule has 0 aliphatic carbocycles. The largest absolute Gasteiger partial charge is 0.481 e. The fourth-order valence-electron chi connectivity index (χ4n) is 2.14. The Balaban J connectivity index is 2.05. The zero-order chi connectivity index (χ0) is 15.6. The second-order valence-corrected chi connectivity index (χ2v) is 6.23. The number of carbonyl (C=O) groups excluding carboxylic acids is 1. The normalized spacial score (nSPS) is 24.6. The van der Waals surface area contributed by atoms with E-state index in [-0.39, 0.29) is 13.2 Å². The van der Waals surface area contributed by atoms with E-state index in [0.29, 0.717) is 5.69 Å². The lowest BCUT2D eigenvalue weighted by Crippen LogP contribution is -2.50. The van der Waals surface area contributed by atoms with Crippen LogP contribution >= 0.6 is 15.9 Å². The number of aliphatic carboxylic acids is 1. The van der Waals surface area contributed by atoms with Crippen LogP contribution in [0, 0.1) is 12.3 Å². The van der Waals surface area contributed by atoms with Crippen molar-refractivity contribution in [3.05, 3.63) is 28.2 Å². The van der Waals surface area contributed by atoms with Crippen LogP contribution in [-0.4, -0.2) is 36.4 Å². The van der Waals surface area contributed by atoms with E-state index in [2.05, 4.69) is 26.6 Å². The molecule has 1 aliphatic heterocycles. The molecule has 1 saturated heterocycles. The van der Waals surface area contributed by atoms with Crippen LogP contribution in [-0.2, 0) is 9.53 Å². The van der Waals surface area contributed by atoms with Crippen molar-refractivity contribution in [3.8, 4) is 0 Å². The first-order chi connectivity index (χ1) is 9.83. The average Bonchev–Trinajstić information content (AvgIpc) is 2.77. The van der Waals surface area contributed by atoms with E-state index in [4.69, 9.17) is 4.74 Å². The van der Waals surface area contributed by atoms with Crippen LogP contribution in [0.25, 0.3) is 0 Å². The Labute approximate surface area is 131 Å². The first-order valence-corrected chi connectivity index (χ1v) is 7.27. The van der Waals surface area contributed by atoms with Crippen molar-refractivity contribution in [1.29, 1.82) is 0 Å². The maximum Gasteiger partial charge on any atom is 0.319 e. The number of nitrogens with one attached hydrogen (secondary N) is 2. The van der Waals surface area contributed by atoms with Gasteiger partial charge in [-0.15, -0.1) is 0 Å². The van der Waals surface area contributed by atoms with Crippen molar-refractivity contribution in [1.82, 2.24) is 5.32 Å². The van der Waals surface area contributed by atoms with Crippen molar-refractivity contribution in [2.45, 2.75) is 19.9 Å². The van der Waals surface area contributed by atoms with E-state index in [1.807, 2.05) is 25.1 Å². The lowest BCUT2D eigenvalue weighted by molar-refractivity contribution is -0.148. The number of amides is 2. The van der Waals surface area contributed by atoms with Gasteiger partial charge in [-0.2, -0.15) is 0 Å². The average molecular weight is 357 g/mol. The number of halogens is 1. The summed E-state index contributed by atoms with van der Waals surface area (Å²) in [5.41, 5.74) is 0.526. The van der Waals surface area contributed by atoms with Gasteiger partial charge in [0.1, 0.15) is 5.41 Å². The summed E-state index contributed by atoms with van der Waals surface area (Å²) in [6.45, 7) is 3.75. The van der Waals surface area contributed by atoms with Gasteiger partial charge in [-0.3, -0.25) is 4.79 Å². The molecule has 3 N–H and O–H groups in total. The topological polar surface area (TPSA) is 87.7 Å². The molecule has 0 aromatic heterocycles. The summed E-state index contributed by atoms with van der Waals surface area (Å²) in [6, 6.07) is 4.55. The maximum absolute atomic E-state index is 12.1. The van der Waals surface area contributed by atoms with Crippen LogP contribution in [0.4, 0.5) is 10.5 Å². The molecule has 6 nitrogen and oxygen atoms in total. The Morgan fingerprint density at radius 1 is 1.48 bits per heavy atom. The number of urea groups is 1. The Kier molecular flexibility index (Phi) is 4.53. The summed E-state index contributed by atoms with van der Waals surface area (Å²) in [4.78, 5) is 23.4. The van der Waals surface area contributed by atoms with Crippen molar-refractivity contribution >= 4 is 33.6 Å². The van der Waals surface area contributed by atoms with Crippen LogP contribution in [0.15, 0.2) is 22.7 Å². The summed E-state index contributed by atoms with van der Waals surface area (Å²) in [5, 5.41) is 14.6. The molecule has 2 unspecified atom stereocenters. The highest BCUT2D eigenvalue weighted by molar-refractivity contribution is 9.10. The number of ether oxygens (including phenoxy) is 1. The van der Waals surface area contributed by atoms with Crippen LogP contribution in [0.2, 0.25) is 0 Å². The number of aryl methyl sites for hydroxylation is 1. The standard InChI is InChI=1S/C14H17BrN2O4/c1-8-3-4-9(15)10(5-8)16-13(20)17-11-6-21-7-14(11,2)12(18)19/h3-5,11H,6-7H2,1-2H3,(H,18,19)(H2,16,17,20). The number of rotatable bonds is 3. The molecule has 1 aliphatic rings. The second kappa shape index (κ2) is 6.03. The third-order valence-corrected chi connectivity index (χ3v) is 4.31. The molecule has 2 atom stereocenters. The van der Waals surface area contributed by atoms with Crippen LogP contribution in [0.5, 0.6) is 0 Å². The summed E-state index contributed by atoms with van der Waals surface area (Å²) in [6.07, 6.45) is 0. The van der Waals surface area contributed by atoms with Gasteiger partial charge in [-0.1, -0.05) is 6.07 Å². The molecule has 1 aromatic carbocycles. The minimum atomic E-state index is -1.11. The molecule has 0 saturated carbocycles. The Hall–Kier alpha value is -1.60. The molecule has 21 heavy (non-hydrogen) atoms. The zero-order valence-corrected chi connectivity index (χ0v) is 13.4. The molecule has 1 fully saturated rings. The SMILES string of the molecule is Cc1ccc(Br)c(NC(=O)NC2COCC2(C)C(=O)O)c1. The first kappa shape index (κ1) is 15.8. The summed E-state index contributed by atoms with van der Waals surface area (Å²) in [7, 11) is 0. The predicted octanol–water partition coefficient (Wildman–Crippen LogP) is 2.37. The third kappa shape index (κ3) is 3.36. The lowest BCUT2D eigenvalue weighted by Gasteiger charge is -2.25. The summed E-state index contributed by atoms with van der Waals surface area (Å²) < 4.78 is 5.95. The van der Waals surface area contributed by atoms with Crippen molar-refractivity contribution in [2.75, 3.05) is 18.5 Å². The molecule has 7 heteroatoms. The number of anilines is 1. The lowest BCUT2D eigenvalue weighted by atomic mass is 9.85. The predicted molar refractivity (Wildman–Crippen MR) is 81.4 cm³/mol. The zero-order valence-electron chi connectivity index (χ0n) is 11.8. The van der Waals surface area contributed by atoms with Crippen LogP contribution in [0.3, 0.4) is 0 Å². The fourth-order valence-corrected chi connectivity index (χ4v) is 2.48. The van der Waals surface area contributed by atoms with Gasteiger partial charge in [-0.25, -0.2) is 4.79 Å². The molecule has 1 heterocycles. The molecule has 1 aromatic rings. The van der Waals surface area contributed by atoms with Gasteiger partial charge >= 0.3 is 12.0 Å². The van der Waals surface area contributed by atoms with Crippen molar-refractivity contribution in [3.63, 3.8) is 0 Å². The Morgan fingerprint density at radius 3 is 2.86 bits per heavy atom. The number of carboxylic acids is 1. The number of hydrogen-bond donors (Lipinski definition) is 3. The monoisotopic (exact) mass is 356 g/mol. The van der Waals surface area contributed by atoms with Crippen molar-refractivity contribution < 1.29 is 19.4 Å². The molecular formula is C14H17BrN2O4. The van der Waals surface area contributed by atoms with Gasteiger partial charge < -0.3 is 20.5 Å². The van der Waals surface area contributed by atoms with Gasteiger partial charge in [0.05, 0.1) is 24.9 Å². The Bertz CT molecular complexity index is 578. The van der Waals surface area contributed by atoms with E-state index in [1.54, 1.807) is 6.92 Å². The molecule has 114 valence electrons. The van der Waals surface area contributed by atoms with E-state index < -0.39 is 23.5 Å².